The lowest BCUT2D eigenvalue weighted by molar-refractivity contribution is 0.795. The fraction of sp³-hybridized carbons (Fsp3) is 0.154. The molecule has 0 bridgehead atoms. The second-order valence-electron chi connectivity index (χ2n) is 7.51. The predicted octanol–water partition coefficient (Wildman–Crippen LogP) is 7.62. The van der Waals surface area contributed by atoms with Gasteiger partial charge in [0.1, 0.15) is 0 Å². The van der Waals surface area contributed by atoms with E-state index in [9.17, 15) is 0 Å². The van der Waals surface area contributed by atoms with Gasteiger partial charge in [-0.2, -0.15) is 10.2 Å². The number of aryl methyl sites for hydroxylation is 1. The minimum Gasteiger partial charge on any atom is -0.398 e. The van der Waals surface area contributed by atoms with E-state index >= 15 is 0 Å². The summed E-state index contributed by atoms with van der Waals surface area (Å²) in [4.78, 5) is 0. The van der Waals surface area contributed by atoms with E-state index in [1.54, 1.807) is 0 Å². The Balaban J connectivity index is 1.38. The van der Waals surface area contributed by atoms with E-state index in [0.717, 1.165) is 45.6 Å². The minimum atomic E-state index is 0.770. The van der Waals surface area contributed by atoms with Gasteiger partial charge in [0.2, 0.25) is 0 Å². The van der Waals surface area contributed by atoms with Crippen molar-refractivity contribution in [3.05, 3.63) is 90.5 Å². The molecular weight excluding hydrogens is 382 g/mol. The van der Waals surface area contributed by atoms with Crippen molar-refractivity contribution < 1.29 is 0 Å². The first-order chi connectivity index (χ1) is 15.2. The van der Waals surface area contributed by atoms with Crippen molar-refractivity contribution in [2.24, 2.45) is 10.2 Å². The van der Waals surface area contributed by atoms with Crippen LogP contribution in [-0.4, -0.2) is 0 Å². The van der Waals surface area contributed by atoms with Crippen LogP contribution in [0.3, 0.4) is 0 Å². The molecule has 0 aliphatic carbocycles. The molecule has 0 unspecified atom stereocenters. The van der Waals surface area contributed by atoms with Gasteiger partial charge in [0, 0.05) is 16.5 Å². The summed E-state index contributed by atoms with van der Waals surface area (Å²) >= 11 is 0. The summed E-state index contributed by atoms with van der Waals surface area (Å²) in [5, 5.41) is 10.8. The summed E-state index contributed by atoms with van der Waals surface area (Å²) in [6.07, 6.45) is 3.53. The Labute approximate surface area is 183 Å². The predicted molar refractivity (Wildman–Crippen MR) is 131 cm³/mol. The Morgan fingerprint density at radius 2 is 1.35 bits per heavy atom. The Kier molecular flexibility index (Phi) is 6.43. The van der Waals surface area contributed by atoms with Crippen LogP contribution >= 0.6 is 0 Å². The van der Waals surface area contributed by atoms with Gasteiger partial charge in [-0.1, -0.05) is 49.7 Å². The Morgan fingerprint density at radius 1 is 0.710 bits per heavy atom. The molecule has 0 aromatic heterocycles. The first kappa shape index (κ1) is 20.4. The molecule has 4 N–H and O–H groups in total. The Bertz CT molecular complexity index is 1160. The van der Waals surface area contributed by atoms with E-state index < -0.39 is 0 Å². The molecule has 0 aliphatic heterocycles. The zero-order chi connectivity index (χ0) is 21.5. The summed E-state index contributed by atoms with van der Waals surface area (Å²) in [6.45, 7) is 2.21. The summed E-state index contributed by atoms with van der Waals surface area (Å²) < 4.78 is 0. The minimum absolute atomic E-state index is 0.770. The molecule has 0 aliphatic rings. The smallest absolute Gasteiger partial charge is 0.0858 e. The number of hydrogen-bond acceptors (Lipinski definition) is 5. The lowest BCUT2D eigenvalue weighted by Gasteiger charge is -2.13. The highest BCUT2D eigenvalue weighted by molar-refractivity contribution is 6.01. The maximum atomic E-state index is 6.08. The normalized spacial score (nSPS) is 11.1. The molecule has 0 saturated heterocycles. The number of anilines is 3. The number of azo groups is 1. The maximum Gasteiger partial charge on any atom is 0.0858 e. The van der Waals surface area contributed by atoms with E-state index in [2.05, 4.69) is 46.2 Å². The molecule has 5 heteroatoms. The number of hydrazine groups is 1. The lowest BCUT2D eigenvalue weighted by atomic mass is 10.1. The highest BCUT2D eigenvalue weighted by Crippen LogP contribution is 2.28. The summed E-state index contributed by atoms with van der Waals surface area (Å²) in [7, 11) is 0. The monoisotopic (exact) mass is 409 g/mol. The van der Waals surface area contributed by atoms with E-state index in [1.165, 1.54) is 18.4 Å². The topological polar surface area (TPSA) is 74.8 Å². The SMILES string of the molecule is CCCCc1ccc(N=Nc2ccc(NNc3ccc(N)c4ccccc34)cc2)cc1. The van der Waals surface area contributed by atoms with Gasteiger partial charge in [-0.05, 0) is 66.9 Å². The molecule has 4 aromatic carbocycles. The number of nitrogens with one attached hydrogen (secondary N) is 2. The number of nitrogens with zero attached hydrogens (tertiary/aromatic N) is 2. The molecular formula is C26H27N5. The van der Waals surface area contributed by atoms with E-state index in [1.807, 2.05) is 66.7 Å². The van der Waals surface area contributed by atoms with Crippen molar-refractivity contribution in [2.75, 3.05) is 16.6 Å². The quantitative estimate of drug-likeness (QED) is 0.159. The summed E-state index contributed by atoms with van der Waals surface area (Å²) in [5.74, 6) is 0. The largest absolute Gasteiger partial charge is 0.398 e. The summed E-state index contributed by atoms with van der Waals surface area (Å²) in [5.41, 5.74) is 18.3. The highest BCUT2D eigenvalue weighted by Gasteiger charge is 2.03. The van der Waals surface area contributed by atoms with Gasteiger partial charge in [-0.25, -0.2) is 0 Å². The van der Waals surface area contributed by atoms with Gasteiger partial charge in [-0.15, -0.1) is 0 Å². The number of nitrogens with two attached hydrogens (primary N) is 1. The molecule has 0 fully saturated rings. The molecule has 0 amide bonds. The molecule has 31 heavy (non-hydrogen) atoms. The number of unbranched alkanes of at least 4 members (excludes halogenated alkanes) is 1. The van der Waals surface area contributed by atoms with Gasteiger partial charge in [0.25, 0.3) is 0 Å². The molecule has 0 spiro atoms. The average Bonchev–Trinajstić information content (AvgIpc) is 2.82. The van der Waals surface area contributed by atoms with Crippen LogP contribution in [0.2, 0.25) is 0 Å². The zero-order valence-electron chi connectivity index (χ0n) is 17.7. The van der Waals surface area contributed by atoms with Gasteiger partial charge in [0.05, 0.1) is 22.7 Å². The maximum absolute atomic E-state index is 6.08. The van der Waals surface area contributed by atoms with Crippen molar-refractivity contribution in [1.29, 1.82) is 0 Å². The van der Waals surface area contributed by atoms with Crippen LogP contribution in [0.25, 0.3) is 10.8 Å². The molecule has 4 aromatic rings. The molecule has 0 radical (unpaired) electrons. The van der Waals surface area contributed by atoms with Gasteiger partial charge in [-0.3, -0.25) is 0 Å². The van der Waals surface area contributed by atoms with Crippen LogP contribution in [0.15, 0.2) is 95.2 Å². The third-order valence-corrected chi connectivity index (χ3v) is 5.20. The number of nitrogen functional groups attached to an aromatic ring is 1. The second kappa shape index (κ2) is 9.76. The van der Waals surface area contributed by atoms with Crippen LogP contribution in [0, 0.1) is 0 Å². The average molecular weight is 410 g/mol. The third kappa shape index (κ3) is 5.20. The third-order valence-electron chi connectivity index (χ3n) is 5.20. The van der Waals surface area contributed by atoms with Crippen LogP contribution in [0.1, 0.15) is 25.3 Å². The number of fused-ring (bicyclic) bond motifs is 1. The van der Waals surface area contributed by atoms with Crippen LogP contribution < -0.4 is 16.6 Å². The molecule has 5 nitrogen and oxygen atoms in total. The van der Waals surface area contributed by atoms with E-state index in [-0.39, 0.29) is 0 Å². The molecule has 4 rings (SSSR count). The fourth-order valence-electron chi connectivity index (χ4n) is 3.41. The Morgan fingerprint density at radius 3 is 2.03 bits per heavy atom. The van der Waals surface area contributed by atoms with Crippen LogP contribution in [0.5, 0.6) is 0 Å². The fourth-order valence-corrected chi connectivity index (χ4v) is 3.41. The first-order valence-electron chi connectivity index (χ1n) is 10.6. The van der Waals surface area contributed by atoms with E-state index in [0.29, 0.717) is 0 Å². The van der Waals surface area contributed by atoms with Gasteiger partial charge < -0.3 is 16.6 Å². The van der Waals surface area contributed by atoms with E-state index in [4.69, 9.17) is 5.73 Å². The number of hydrogen-bond donors (Lipinski definition) is 3. The number of benzene rings is 4. The molecule has 156 valence electrons. The molecule has 0 saturated carbocycles. The Hall–Kier alpha value is -3.86. The number of rotatable bonds is 8. The standard InChI is InChI=1S/C26H27N5/c1-2-3-6-19-9-11-20(12-10-19)28-29-21-13-15-22(16-14-21)30-31-26-18-17-25(27)23-7-4-5-8-24(23)26/h4-5,7-18,30-31H,2-3,6,27H2,1H3. The second-order valence-corrected chi connectivity index (χ2v) is 7.51. The van der Waals surface area contributed by atoms with Crippen LogP contribution in [0.4, 0.5) is 28.4 Å². The van der Waals surface area contributed by atoms with Crippen LogP contribution in [-0.2, 0) is 6.42 Å². The van der Waals surface area contributed by atoms with Crippen molar-refractivity contribution in [3.8, 4) is 0 Å². The zero-order valence-corrected chi connectivity index (χ0v) is 17.7. The van der Waals surface area contributed by atoms with Crippen molar-refractivity contribution in [1.82, 2.24) is 0 Å². The van der Waals surface area contributed by atoms with Crippen molar-refractivity contribution >= 4 is 39.2 Å². The highest BCUT2D eigenvalue weighted by atomic mass is 15.4. The molecule has 0 atom stereocenters. The molecule has 0 heterocycles. The van der Waals surface area contributed by atoms with Crippen molar-refractivity contribution in [2.45, 2.75) is 26.2 Å². The van der Waals surface area contributed by atoms with Gasteiger partial charge in [0.15, 0.2) is 0 Å². The first-order valence-corrected chi connectivity index (χ1v) is 10.6. The lowest BCUT2D eigenvalue weighted by Crippen LogP contribution is -2.08. The van der Waals surface area contributed by atoms with Crippen molar-refractivity contribution in [3.63, 3.8) is 0 Å². The van der Waals surface area contributed by atoms with Gasteiger partial charge >= 0.3 is 0 Å². The summed E-state index contributed by atoms with van der Waals surface area (Å²) in [6, 6.07) is 28.0.